The Morgan fingerprint density at radius 3 is 2.47 bits per heavy atom. The molecule has 30 heavy (non-hydrogen) atoms. The first-order valence-electron chi connectivity index (χ1n) is 9.17. The lowest BCUT2D eigenvalue weighted by atomic mass is 10.0. The van der Waals surface area contributed by atoms with E-state index >= 15 is 0 Å². The summed E-state index contributed by atoms with van der Waals surface area (Å²) in [6.45, 7) is 0.319. The molecule has 0 amide bonds. The SMILES string of the molecule is COc1ccc(Cn2c(=O)c(Cc3c(Cl)cccc3Cl)cc3cnc(N)nc32)cc1. The van der Waals surface area contributed by atoms with Crippen molar-refractivity contribution in [2.45, 2.75) is 13.0 Å². The van der Waals surface area contributed by atoms with Gasteiger partial charge in [-0.05, 0) is 41.5 Å². The summed E-state index contributed by atoms with van der Waals surface area (Å²) in [6.07, 6.45) is 1.90. The molecule has 2 N–H and O–H groups in total. The Morgan fingerprint density at radius 2 is 1.80 bits per heavy atom. The van der Waals surface area contributed by atoms with Crippen LogP contribution in [-0.2, 0) is 13.0 Å². The van der Waals surface area contributed by atoms with Crippen molar-refractivity contribution in [1.82, 2.24) is 14.5 Å². The molecule has 0 bridgehead atoms. The van der Waals surface area contributed by atoms with E-state index in [0.29, 0.717) is 45.2 Å². The van der Waals surface area contributed by atoms with Gasteiger partial charge in [-0.1, -0.05) is 41.4 Å². The minimum atomic E-state index is -0.188. The zero-order chi connectivity index (χ0) is 21.3. The molecule has 0 saturated heterocycles. The third kappa shape index (κ3) is 3.97. The number of pyridine rings is 1. The van der Waals surface area contributed by atoms with Gasteiger partial charge in [-0.3, -0.25) is 9.36 Å². The van der Waals surface area contributed by atoms with Crippen molar-refractivity contribution in [3.63, 3.8) is 0 Å². The Bertz CT molecular complexity index is 1270. The van der Waals surface area contributed by atoms with E-state index in [1.165, 1.54) is 0 Å². The van der Waals surface area contributed by atoms with Crippen LogP contribution < -0.4 is 16.0 Å². The predicted molar refractivity (Wildman–Crippen MR) is 120 cm³/mol. The summed E-state index contributed by atoms with van der Waals surface area (Å²) in [4.78, 5) is 21.8. The van der Waals surface area contributed by atoms with Crippen LogP contribution in [0, 0.1) is 0 Å². The molecular weight excluding hydrogens is 423 g/mol. The van der Waals surface area contributed by atoms with Crippen LogP contribution >= 0.6 is 23.2 Å². The molecule has 4 rings (SSSR count). The number of methoxy groups -OCH3 is 1. The summed E-state index contributed by atoms with van der Waals surface area (Å²) in [5.41, 5.74) is 8.23. The molecule has 0 aliphatic carbocycles. The first kappa shape index (κ1) is 20.2. The molecule has 2 aromatic carbocycles. The van der Waals surface area contributed by atoms with Gasteiger partial charge in [0.25, 0.3) is 5.56 Å². The van der Waals surface area contributed by atoms with Gasteiger partial charge in [0.2, 0.25) is 5.95 Å². The Hall–Kier alpha value is -3.09. The first-order valence-corrected chi connectivity index (χ1v) is 9.92. The summed E-state index contributed by atoms with van der Waals surface area (Å²) in [6, 6.07) is 14.5. The summed E-state index contributed by atoms with van der Waals surface area (Å²) in [7, 11) is 1.61. The van der Waals surface area contributed by atoms with E-state index in [4.69, 9.17) is 33.7 Å². The molecule has 0 radical (unpaired) electrons. The van der Waals surface area contributed by atoms with E-state index in [2.05, 4.69) is 9.97 Å². The molecular formula is C22H18Cl2N4O2. The molecule has 0 aliphatic rings. The predicted octanol–water partition coefficient (Wildman–Crippen LogP) is 4.33. The molecule has 8 heteroatoms. The number of benzene rings is 2. The van der Waals surface area contributed by atoms with E-state index in [9.17, 15) is 4.79 Å². The highest BCUT2D eigenvalue weighted by Crippen LogP contribution is 2.27. The summed E-state index contributed by atoms with van der Waals surface area (Å²) in [5.74, 6) is 0.844. The van der Waals surface area contributed by atoms with Gasteiger partial charge in [0, 0.05) is 33.6 Å². The highest BCUT2D eigenvalue weighted by atomic mass is 35.5. The molecule has 6 nitrogen and oxygen atoms in total. The maximum absolute atomic E-state index is 13.4. The van der Waals surface area contributed by atoms with E-state index < -0.39 is 0 Å². The molecule has 0 fully saturated rings. The van der Waals surface area contributed by atoms with Gasteiger partial charge in [-0.15, -0.1) is 0 Å². The number of fused-ring (bicyclic) bond motifs is 1. The van der Waals surface area contributed by atoms with E-state index in [1.807, 2.05) is 24.3 Å². The average Bonchev–Trinajstić information content (AvgIpc) is 2.74. The third-order valence-electron chi connectivity index (χ3n) is 4.85. The number of nitrogen functional groups attached to an aromatic ring is 1. The molecule has 2 aromatic heterocycles. The fourth-order valence-electron chi connectivity index (χ4n) is 3.31. The van der Waals surface area contributed by atoms with Crippen molar-refractivity contribution in [3.05, 3.63) is 91.8 Å². The Kier molecular flexibility index (Phi) is 5.61. The van der Waals surface area contributed by atoms with Crippen molar-refractivity contribution in [2.24, 2.45) is 0 Å². The Labute approximate surface area is 182 Å². The van der Waals surface area contributed by atoms with E-state index in [1.54, 1.807) is 42.1 Å². The summed E-state index contributed by atoms with van der Waals surface area (Å²) in [5, 5.41) is 1.73. The largest absolute Gasteiger partial charge is 0.497 e. The van der Waals surface area contributed by atoms with Crippen LogP contribution in [0.3, 0.4) is 0 Å². The summed E-state index contributed by atoms with van der Waals surface area (Å²) >= 11 is 12.6. The van der Waals surface area contributed by atoms with E-state index in [0.717, 1.165) is 11.3 Å². The van der Waals surface area contributed by atoms with Crippen LogP contribution in [-0.4, -0.2) is 21.6 Å². The van der Waals surface area contributed by atoms with Crippen molar-refractivity contribution in [1.29, 1.82) is 0 Å². The number of halogens is 2. The second-order valence-corrected chi connectivity index (χ2v) is 7.61. The lowest BCUT2D eigenvalue weighted by Gasteiger charge is -2.14. The number of rotatable bonds is 5. The topological polar surface area (TPSA) is 83.0 Å². The van der Waals surface area contributed by atoms with Crippen molar-refractivity contribution < 1.29 is 4.74 Å². The van der Waals surface area contributed by atoms with Crippen LogP contribution in [0.15, 0.2) is 59.5 Å². The standard InChI is InChI=1S/C22H18Cl2N4O2/c1-30-16-7-5-13(6-8-16)12-28-20-15(11-26-22(25)27-20)9-14(21(28)29)10-17-18(23)3-2-4-19(17)24/h2-9,11H,10,12H2,1H3,(H2,25,26,27). The van der Waals surface area contributed by atoms with Crippen LogP contribution in [0.2, 0.25) is 10.0 Å². The van der Waals surface area contributed by atoms with Crippen LogP contribution in [0.25, 0.3) is 11.0 Å². The Morgan fingerprint density at radius 1 is 1.10 bits per heavy atom. The number of nitrogens with two attached hydrogens (primary N) is 1. The maximum atomic E-state index is 13.4. The van der Waals surface area contributed by atoms with E-state index in [-0.39, 0.29) is 11.5 Å². The second-order valence-electron chi connectivity index (χ2n) is 6.79. The zero-order valence-electron chi connectivity index (χ0n) is 16.1. The number of hydrogen-bond acceptors (Lipinski definition) is 5. The Balaban J connectivity index is 1.85. The van der Waals surface area contributed by atoms with Gasteiger partial charge >= 0.3 is 0 Å². The second kappa shape index (κ2) is 8.34. The smallest absolute Gasteiger partial charge is 0.256 e. The van der Waals surface area contributed by atoms with Crippen LogP contribution in [0.5, 0.6) is 5.75 Å². The number of ether oxygens (including phenoxy) is 1. The van der Waals surface area contributed by atoms with Crippen molar-refractivity contribution in [3.8, 4) is 5.75 Å². The number of nitrogens with zero attached hydrogens (tertiary/aromatic N) is 3. The lowest BCUT2D eigenvalue weighted by molar-refractivity contribution is 0.414. The van der Waals surface area contributed by atoms with Crippen LogP contribution in [0.1, 0.15) is 16.7 Å². The maximum Gasteiger partial charge on any atom is 0.256 e. The normalized spacial score (nSPS) is 11.0. The van der Waals surface area contributed by atoms with Gasteiger partial charge in [0.1, 0.15) is 11.4 Å². The minimum absolute atomic E-state index is 0.104. The molecule has 2 heterocycles. The molecule has 152 valence electrons. The molecule has 0 aliphatic heterocycles. The monoisotopic (exact) mass is 440 g/mol. The first-order chi connectivity index (χ1) is 14.5. The fraction of sp³-hybridized carbons (Fsp3) is 0.136. The van der Waals surface area contributed by atoms with Crippen LogP contribution in [0.4, 0.5) is 5.95 Å². The zero-order valence-corrected chi connectivity index (χ0v) is 17.6. The molecule has 0 spiro atoms. The number of aromatic nitrogens is 3. The van der Waals surface area contributed by atoms with Gasteiger partial charge in [-0.25, -0.2) is 4.98 Å². The van der Waals surface area contributed by atoms with Gasteiger partial charge < -0.3 is 10.5 Å². The van der Waals surface area contributed by atoms with Gasteiger partial charge in [0.15, 0.2) is 0 Å². The van der Waals surface area contributed by atoms with Gasteiger partial charge in [-0.2, -0.15) is 4.98 Å². The number of hydrogen-bond donors (Lipinski definition) is 1. The molecule has 0 unspecified atom stereocenters. The van der Waals surface area contributed by atoms with Crippen molar-refractivity contribution in [2.75, 3.05) is 12.8 Å². The average molecular weight is 441 g/mol. The highest BCUT2D eigenvalue weighted by molar-refractivity contribution is 6.36. The number of anilines is 1. The minimum Gasteiger partial charge on any atom is -0.497 e. The molecule has 0 atom stereocenters. The van der Waals surface area contributed by atoms with Crippen molar-refractivity contribution >= 4 is 40.2 Å². The highest BCUT2D eigenvalue weighted by Gasteiger charge is 2.15. The molecule has 4 aromatic rings. The fourth-order valence-corrected chi connectivity index (χ4v) is 3.84. The quantitative estimate of drug-likeness (QED) is 0.499. The lowest BCUT2D eigenvalue weighted by Crippen LogP contribution is -2.26. The van der Waals surface area contributed by atoms with Gasteiger partial charge in [0.05, 0.1) is 13.7 Å². The third-order valence-corrected chi connectivity index (χ3v) is 5.56. The summed E-state index contributed by atoms with van der Waals surface area (Å²) < 4.78 is 6.80. The molecule has 0 saturated carbocycles.